The van der Waals surface area contributed by atoms with Gasteiger partial charge < -0.3 is 0 Å². The van der Waals surface area contributed by atoms with Crippen LogP contribution < -0.4 is 0 Å². The number of nitrogens with zero attached hydrogens (tertiary/aromatic N) is 1. The summed E-state index contributed by atoms with van der Waals surface area (Å²) in [5.74, 6) is 0.210. The Labute approximate surface area is 95.5 Å². The van der Waals surface area contributed by atoms with Gasteiger partial charge in [0.1, 0.15) is 0 Å². The van der Waals surface area contributed by atoms with Crippen LogP contribution in [0.5, 0.6) is 0 Å². The molecule has 0 saturated carbocycles. The molecule has 1 rings (SSSR count). The molecule has 1 aromatic heterocycles. The van der Waals surface area contributed by atoms with Crippen LogP contribution in [0.2, 0.25) is 0 Å². The molecular formula is C9H11ClF3NS. The van der Waals surface area contributed by atoms with Crippen molar-refractivity contribution in [3.63, 3.8) is 0 Å². The normalized spacial score (nSPS) is 12.3. The number of hydrogen-bond donors (Lipinski definition) is 0. The first-order valence-corrected chi connectivity index (χ1v) is 5.80. The Balaban J connectivity index is 2.51. The van der Waals surface area contributed by atoms with E-state index in [1.807, 2.05) is 17.5 Å². The van der Waals surface area contributed by atoms with E-state index in [1.165, 1.54) is 16.2 Å². The summed E-state index contributed by atoms with van der Waals surface area (Å²) < 4.78 is 36.5. The minimum Gasteiger partial charge on any atom is -0.289 e. The van der Waals surface area contributed by atoms with E-state index in [1.54, 1.807) is 0 Å². The Morgan fingerprint density at radius 1 is 1.40 bits per heavy atom. The van der Waals surface area contributed by atoms with Crippen LogP contribution in [0, 0.1) is 0 Å². The molecule has 0 saturated heterocycles. The average Bonchev–Trinajstić information content (AvgIpc) is 2.54. The summed E-state index contributed by atoms with van der Waals surface area (Å²) in [6, 6.07) is 3.65. The minimum atomic E-state index is -4.16. The third-order valence-corrected chi connectivity index (χ3v) is 2.79. The highest BCUT2D eigenvalue weighted by molar-refractivity contribution is 7.09. The first kappa shape index (κ1) is 12.8. The van der Waals surface area contributed by atoms with Crippen molar-refractivity contribution in [1.29, 1.82) is 0 Å². The maximum absolute atomic E-state index is 12.2. The second kappa shape index (κ2) is 5.72. The van der Waals surface area contributed by atoms with Crippen molar-refractivity contribution in [3.05, 3.63) is 22.4 Å². The lowest BCUT2D eigenvalue weighted by Gasteiger charge is -2.21. The second-order valence-electron chi connectivity index (χ2n) is 3.09. The molecule has 0 aliphatic carbocycles. The van der Waals surface area contributed by atoms with Crippen LogP contribution in [0.15, 0.2) is 17.5 Å². The Kier molecular flexibility index (Phi) is 4.89. The fraction of sp³-hybridized carbons (Fsp3) is 0.556. The summed E-state index contributed by atoms with van der Waals surface area (Å²) in [6.45, 7) is -0.347. The van der Waals surface area contributed by atoms with E-state index in [9.17, 15) is 13.2 Å². The average molecular weight is 258 g/mol. The quantitative estimate of drug-likeness (QED) is 0.731. The minimum absolute atomic E-state index is 0.210. The van der Waals surface area contributed by atoms with Gasteiger partial charge in [0.15, 0.2) is 0 Å². The van der Waals surface area contributed by atoms with Gasteiger partial charge in [-0.3, -0.25) is 4.90 Å². The smallest absolute Gasteiger partial charge is 0.289 e. The predicted octanol–water partition coefficient (Wildman–Crippen LogP) is 3.35. The van der Waals surface area contributed by atoms with Gasteiger partial charge in [-0.15, -0.1) is 22.9 Å². The molecule has 6 heteroatoms. The van der Waals surface area contributed by atoms with Gasteiger partial charge in [0.2, 0.25) is 0 Å². The molecule has 1 aromatic rings. The topological polar surface area (TPSA) is 3.24 Å². The molecule has 0 unspecified atom stereocenters. The third kappa shape index (κ3) is 5.39. The highest BCUT2D eigenvalue weighted by atomic mass is 35.5. The van der Waals surface area contributed by atoms with Gasteiger partial charge in [-0.2, -0.15) is 13.2 Å². The van der Waals surface area contributed by atoms with Gasteiger partial charge in [0.25, 0.3) is 0 Å². The van der Waals surface area contributed by atoms with Crippen LogP contribution in [-0.2, 0) is 6.54 Å². The van der Waals surface area contributed by atoms with Crippen molar-refractivity contribution >= 4 is 22.9 Å². The van der Waals surface area contributed by atoms with E-state index < -0.39 is 12.7 Å². The SMILES string of the molecule is FC(F)(F)CN(CCCl)Cc1cccs1. The van der Waals surface area contributed by atoms with Crippen LogP contribution in [0.1, 0.15) is 4.88 Å². The monoisotopic (exact) mass is 257 g/mol. The highest BCUT2D eigenvalue weighted by Crippen LogP contribution is 2.19. The molecule has 0 fully saturated rings. The number of alkyl halides is 4. The van der Waals surface area contributed by atoms with Gasteiger partial charge >= 0.3 is 6.18 Å². The molecule has 0 aromatic carbocycles. The Hall–Kier alpha value is -0.260. The number of hydrogen-bond acceptors (Lipinski definition) is 2. The molecule has 15 heavy (non-hydrogen) atoms. The fourth-order valence-electron chi connectivity index (χ4n) is 1.21. The molecule has 1 heterocycles. The molecule has 0 bridgehead atoms. The van der Waals surface area contributed by atoms with Crippen molar-refractivity contribution in [2.24, 2.45) is 0 Å². The molecule has 0 aliphatic rings. The van der Waals surface area contributed by atoms with E-state index in [0.717, 1.165) is 4.88 Å². The molecule has 0 atom stereocenters. The zero-order valence-corrected chi connectivity index (χ0v) is 9.50. The van der Waals surface area contributed by atoms with E-state index in [2.05, 4.69) is 0 Å². The lowest BCUT2D eigenvalue weighted by atomic mass is 10.4. The van der Waals surface area contributed by atoms with Crippen molar-refractivity contribution in [1.82, 2.24) is 4.90 Å². The summed E-state index contributed by atoms with van der Waals surface area (Å²) in [6.07, 6.45) is -4.16. The molecule has 0 aliphatic heterocycles. The lowest BCUT2D eigenvalue weighted by Crippen LogP contribution is -2.34. The summed E-state index contributed by atoms with van der Waals surface area (Å²) in [7, 11) is 0. The maximum Gasteiger partial charge on any atom is 0.401 e. The fourth-order valence-corrected chi connectivity index (χ4v) is 2.20. The van der Waals surface area contributed by atoms with Gasteiger partial charge in [-0.1, -0.05) is 6.07 Å². The van der Waals surface area contributed by atoms with Crippen LogP contribution in [0.25, 0.3) is 0 Å². The second-order valence-corrected chi connectivity index (χ2v) is 4.50. The first-order chi connectivity index (χ1) is 7.01. The van der Waals surface area contributed by atoms with Crippen molar-refractivity contribution < 1.29 is 13.2 Å². The predicted molar refractivity (Wildman–Crippen MR) is 56.4 cm³/mol. The van der Waals surface area contributed by atoms with Crippen molar-refractivity contribution in [2.45, 2.75) is 12.7 Å². The lowest BCUT2D eigenvalue weighted by molar-refractivity contribution is -0.146. The largest absolute Gasteiger partial charge is 0.401 e. The van der Waals surface area contributed by atoms with Gasteiger partial charge in [-0.05, 0) is 11.4 Å². The number of rotatable bonds is 5. The molecule has 0 amide bonds. The first-order valence-electron chi connectivity index (χ1n) is 4.39. The molecule has 86 valence electrons. The number of thiophene rings is 1. The van der Waals surface area contributed by atoms with Crippen molar-refractivity contribution in [3.8, 4) is 0 Å². The van der Waals surface area contributed by atoms with Crippen LogP contribution in [-0.4, -0.2) is 30.0 Å². The maximum atomic E-state index is 12.2. The summed E-state index contributed by atoms with van der Waals surface area (Å²) in [4.78, 5) is 2.23. The molecule has 1 nitrogen and oxygen atoms in total. The Morgan fingerprint density at radius 3 is 2.60 bits per heavy atom. The standard InChI is InChI=1S/C9H11ClF3NS/c10-3-4-14(7-9(11,12)13)6-8-2-1-5-15-8/h1-2,5H,3-4,6-7H2. The number of halogens is 4. The van der Waals surface area contributed by atoms with Crippen LogP contribution in [0.3, 0.4) is 0 Å². The van der Waals surface area contributed by atoms with Gasteiger partial charge in [0.05, 0.1) is 6.54 Å². The summed E-state index contributed by atoms with van der Waals surface area (Å²) in [5, 5.41) is 1.85. The van der Waals surface area contributed by atoms with Gasteiger partial charge in [-0.25, -0.2) is 0 Å². The van der Waals surface area contributed by atoms with Gasteiger partial charge in [0, 0.05) is 23.8 Å². The third-order valence-electron chi connectivity index (χ3n) is 1.76. The summed E-state index contributed by atoms with van der Waals surface area (Å²) in [5.41, 5.74) is 0. The van der Waals surface area contributed by atoms with Crippen LogP contribution >= 0.6 is 22.9 Å². The Bertz CT molecular complexity index is 273. The van der Waals surface area contributed by atoms with Crippen molar-refractivity contribution in [2.75, 3.05) is 19.0 Å². The molecule has 0 spiro atoms. The molecular weight excluding hydrogens is 247 g/mol. The van der Waals surface area contributed by atoms with E-state index >= 15 is 0 Å². The summed E-state index contributed by atoms with van der Waals surface area (Å²) >= 11 is 6.91. The van der Waals surface area contributed by atoms with Crippen LogP contribution in [0.4, 0.5) is 13.2 Å². The van der Waals surface area contributed by atoms with E-state index in [-0.39, 0.29) is 12.4 Å². The Morgan fingerprint density at radius 2 is 2.13 bits per heavy atom. The molecule has 0 N–H and O–H groups in total. The van der Waals surface area contributed by atoms with E-state index in [0.29, 0.717) is 6.54 Å². The zero-order chi connectivity index (χ0) is 11.3. The zero-order valence-electron chi connectivity index (χ0n) is 7.93. The van der Waals surface area contributed by atoms with E-state index in [4.69, 9.17) is 11.6 Å². The molecule has 0 radical (unpaired) electrons. The highest BCUT2D eigenvalue weighted by Gasteiger charge is 2.30.